The molecule has 4 nitrogen and oxygen atoms in total. The maximum absolute atomic E-state index is 13.7. The van der Waals surface area contributed by atoms with Gasteiger partial charge in [-0.15, -0.1) is 0 Å². The van der Waals surface area contributed by atoms with E-state index in [9.17, 15) is 18.4 Å². The van der Waals surface area contributed by atoms with Gasteiger partial charge in [-0.2, -0.15) is 0 Å². The molecule has 28 heavy (non-hydrogen) atoms. The van der Waals surface area contributed by atoms with Crippen LogP contribution in [0.2, 0.25) is 0 Å². The van der Waals surface area contributed by atoms with Crippen LogP contribution >= 0.6 is 0 Å². The summed E-state index contributed by atoms with van der Waals surface area (Å²) >= 11 is 0. The zero-order chi connectivity index (χ0) is 20.1. The lowest BCUT2D eigenvalue weighted by Crippen LogP contribution is -2.35. The number of aryl methyl sites for hydroxylation is 1. The van der Waals surface area contributed by atoms with Crippen LogP contribution in [0, 0.1) is 30.4 Å². The van der Waals surface area contributed by atoms with Crippen molar-refractivity contribution in [1.82, 2.24) is 5.32 Å². The monoisotopic (exact) mass is 386 g/mol. The number of rotatable bonds is 5. The summed E-state index contributed by atoms with van der Waals surface area (Å²) < 4.78 is 26.6. The highest BCUT2D eigenvalue weighted by Crippen LogP contribution is 2.30. The number of hydrogen-bond donors (Lipinski definition) is 2. The molecule has 0 radical (unpaired) electrons. The fourth-order valence-corrected chi connectivity index (χ4v) is 3.60. The molecule has 1 fully saturated rings. The van der Waals surface area contributed by atoms with Gasteiger partial charge in [0.2, 0.25) is 11.8 Å². The summed E-state index contributed by atoms with van der Waals surface area (Å²) in [5, 5.41) is 5.49. The zero-order valence-electron chi connectivity index (χ0n) is 15.8. The van der Waals surface area contributed by atoms with Gasteiger partial charge in [-0.05, 0) is 50.3 Å². The summed E-state index contributed by atoms with van der Waals surface area (Å²) in [7, 11) is 0. The maximum atomic E-state index is 13.7. The Bertz CT molecular complexity index is 861. The highest BCUT2D eigenvalue weighted by molar-refractivity contribution is 5.92. The second kappa shape index (κ2) is 8.95. The fraction of sp³-hybridized carbons (Fsp3) is 0.364. The molecule has 3 rings (SSSR count). The van der Waals surface area contributed by atoms with E-state index < -0.39 is 11.6 Å². The Morgan fingerprint density at radius 2 is 1.64 bits per heavy atom. The molecule has 0 spiro atoms. The third-order valence-corrected chi connectivity index (χ3v) is 5.21. The molecule has 2 amide bonds. The van der Waals surface area contributed by atoms with Crippen molar-refractivity contribution >= 4 is 17.5 Å². The summed E-state index contributed by atoms with van der Waals surface area (Å²) in [5.74, 6) is -2.15. The Morgan fingerprint density at radius 3 is 2.29 bits per heavy atom. The van der Waals surface area contributed by atoms with Crippen LogP contribution in [-0.2, 0) is 16.1 Å². The summed E-state index contributed by atoms with van der Waals surface area (Å²) in [4.78, 5) is 24.8. The molecule has 1 aliphatic carbocycles. The molecule has 0 heterocycles. The van der Waals surface area contributed by atoms with Gasteiger partial charge < -0.3 is 10.6 Å². The van der Waals surface area contributed by atoms with E-state index in [2.05, 4.69) is 10.6 Å². The van der Waals surface area contributed by atoms with Crippen LogP contribution in [0.5, 0.6) is 0 Å². The van der Waals surface area contributed by atoms with Crippen molar-refractivity contribution in [3.63, 3.8) is 0 Å². The molecule has 2 N–H and O–H groups in total. The van der Waals surface area contributed by atoms with E-state index in [1.165, 1.54) is 6.07 Å². The van der Waals surface area contributed by atoms with Gasteiger partial charge in [-0.1, -0.05) is 29.8 Å². The van der Waals surface area contributed by atoms with E-state index >= 15 is 0 Å². The molecule has 2 aromatic carbocycles. The van der Waals surface area contributed by atoms with Crippen molar-refractivity contribution in [3.8, 4) is 0 Å². The Labute approximate surface area is 163 Å². The maximum Gasteiger partial charge on any atom is 0.227 e. The number of nitrogens with one attached hydrogen (secondary N) is 2. The van der Waals surface area contributed by atoms with E-state index in [1.807, 2.05) is 31.2 Å². The SMILES string of the molecule is Cc1cccc(CNC(=O)C2CCC(C(=O)Nc3ccc(F)cc3F)CC2)c1. The topological polar surface area (TPSA) is 58.2 Å². The predicted molar refractivity (Wildman–Crippen MR) is 103 cm³/mol. The highest BCUT2D eigenvalue weighted by Gasteiger charge is 2.30. The molecule has 0 unspecified atom stereocenters. The Hall–Kier alpha value is -2.76. The zero-order valence-corrected chi connectivity index (χ0v) is 15.8. The molecule has 6 heteroatoms. The van der Waals surface area contributed by atoms with Gasteiger partial charge in [0, 0.05) is 24.4 Å². The number of halogens is 2. The van der Waals surface area contributed by atoms with Gasteiger partial charge in [0.25, 0.3) is 0 Å². The van der Waals surface area contributed by atoms with Crippen molar-refractivity contribution < 1.29 is 18.4 Å². The standard InChI is InChI=1S/C22H24F2N2O2/c1-14-3-2-4-15(11-14)13-25-21(27)16-5-7-17(8-6-16)22(28)26-20-10-9-18(23)12-19(20)24/h2-4,9-12,16-17H,5-8,13H2,1H3,(H,25,27)(H,26,28). The number of carbonyl (C=O) groups excluding carboxylic acids is 2. The first-order valence-corrected chi connectivity index (χ1v) is 9.51. The molecule has 2 aromatic rings. The molecular weight excluding hydrogens is 362 g/mol. The van der Waals surface area contributed by atoms with Gasteiger partial charge in [0.1, 0.15) is 11.6 Å². The third-order valence-electron chi connectivity index (χ3n) is 5.21. The first kappa shape index (κ1) is 20.0. The molecule has 0 aromatic heterocycles. The number of amides is 2. The molecule has 0 atom stereocenters. The predicted octanol–water partition coefficient (Wildman–Crippen LogP) is 4.33. The van der Waals surface area contributed by atoms with Crippen molar-refractivity contribution in [2.75, 3.05) is 5.32 Å². The molecule has 0 bridgehead atoms. The normalized spacial score (nSPS) is 19.1. The molecule has 148 valence electrons. The smallest absolute Gasteiger partial charge is 0.227 e. The number of carbonyl (C=O) groups is 2. The van der Waals surface area contributed by atoms with Gasteiger partial charge in [0.15, 0.2) is 0 Å². The second-order valence-corrected chi connectivity index (χ2v) is 7.37. The molecule has 0 saturated heterocycles. The van der Waals surface area contributed by atoms with E-state index in [0.29, 0.717) is 32.2 Å². The first-order valence-electron chi connectivity index (χ1n) is 9.51. The minimum atomic E-state index is -0.794. The lowest BCUT2D eigenvalue weighted by molar-refractivity contribution is -0.128. The lowest BCUT2D eigenvalue weighted by Gasteiger charge is -2.27. The average Bonchev–Trinajstić information content (AvgIpc) is 2.68. The lowest BCUT2D eigenvalue weighted by atomic mass is 9.81. The highest BCUT2D eigenvalue weighted by atomic mass is 19.1. The van der Waals surface area contributed by atoms with Crippen molar-refractivity contribution in [2.24, 2.45) is 11.8 Å². The minimum absolute atomic E-state index is 0.00458. The molecule has 1 aliphatic rings. The van der Waals surface area contributed by atoms with E-state index in [-0.39, 0.29) is 29.3 Å². The van der Waals surface area contributed by atoms with Gasteiger partial charge in [-0.3, -0.25) is 9.59 Å². The minimum Gasteiger partial charge on any atom is -0.352 e. The van der Waals surface area contributed by atoms with E-state index in [1.54, 1.807) is 0 Å². The van der Waals surface area contributed by atoms with Crippen LogP contribution < -0.4 is 10.6 Å². The average molecular weight is 386 g/mol. The fourth-order valence-electron chi connectivity index (χ4n) is 3.60. The van der Waals surface area contributed by atoms with Crippen LogP contribution in [-0.4, -0.2) is 11.8 Å². The van der Waals surface area contributed by atoms with Crippen molar-refractivity contribution in [1.29, 1.82) is 0 Å². The largest absolute Gasteiger partial charge is 0.352 e. The molecule has 0 aliphatic heterocycles. The summed E-state index contributed by atoms with van der Waals surface area (Å²) in [6.07, 6.45) is 2.36. The Balaban J connectivity index is 1.46. The Morgan fingerprint density at radius 1 is 0.964 bits per heavy atom. The Kier molecular flexibility index (Phi) is 6.39. The van der Waals surface area contributed by atoms with Crippen molar-refractivity contribution in [3.05, 3.63) is 65.2 Å². The van der Waals surface area contributed by atoms with Crippen LogP contribution in [0.25, 0.3) is 0 Å². The number of hydrogen-bond acceptors (Lipinski definition) is 2. The summed E-state index contributed by atoms with van der Waals surface area (Å²) in [5.41, 5.74) is 2.18. The van der Waals surface area contributed by atoms with Crippen LogP contribution in [0.4, 0.5) is 14.5 Å². The number of benzene rings is 2. The van der Waals surface area contributed by atoms with E-state index in [4.69, 9.17) is 0 Å². The summed E-state index contributed by atoms with van der Waals surface area (Å²) in [6.45, 7) is 2.50. The van der Waals surface area contributed by atoms with Gasteiger partial charge >= 0.3 is 0 Å². The molecule has 1 saturated carbocycles. The third kappa shape index (κ3) is 5.15. The van der Waals surface area contributed by atoms with Gasteiger partial charge in [0.05, 0.1) is 5.69 Å². The van der Waals surface area contributed by atoms with Crippen LogP contribution in [0.15, 0.2) is 42.5 Å². The van der Waals surface area contributed by atoms with Crippen LogP contribution in [0.1, 0.15) is 36.8 Å². The quantitative estimate of drug-likeness (QED) is 0.803. The number of anilines is 1. The second-order valence-electron chi connectivity index (χ2n) is 7.37. The summed E-state index contributed by atoms with van der Waals surface area (Å²) in [6, 6.07) is 11.0. The molecular formula is C22H24F2N2O2. The van der Waals surface area contributed by atoms with Crippen LogP contribution in [0.3, 0.4) is 0 Å². The van der Waals surface area contributed by atoms with E-state index in [0.717, 1.165) is 23.3 Å². The first-order chi connectivity index (χ1) is 13.4. The van der Waals surface area contributed by atoms with Crippen molar-refractivity contribution in [2.45, 2.75) is 39.2 Å². The van der Waals surface area contributed by atoms with Gasteiger partial charge in [-0.25, -0.2) is 8.78 Å².